The number of hydrogen-bond donors (Lipinski definition) is 1. The molecule has 0 aliphatic carbocycles. The third kappa shape index (κ3) is 6.87. The van der Waals surface area contributed by atoms with Crippen LogP contribution in [0.2, 0.25) is 0 Å². The number of carbonyl (C=O) groups excluding carboxylic acids is 2. The van der Waals surface area contributed by atoms with Crippen molar-refractivity contribution in [1.82, 2.24) is 9.80 Å². The van der Waals surface area contributed by atoms with Gasteiger partial charge in [0.1, 0.15) is 5.82 Å². The van der Waals surface area contributed by atoms with Crippen molar-refractivity contribution in [3.8, 4) is 0 Å². The molecule has 1 heterocycles. The lowest BCUT2D eigenvalue weighted by Crippen LogP contribution is -2.50. The molecule has 0 atom stereocenters. The number of piperazine rings is 1. The molecule has 29 heavy (non-hydrogen) atoms. The second kappa shape index (κ2) is 10.4. The Hall–Kier alpha value is -2.38. The number of amides is 2. The minimum absolute atomic E-state index is 0.145. The molecule has 0 aromatic heterocycles. The maximum atomic E-state index is 13.2. The molecule has 2 aromatic rings. The monoisotopic (exact) mass is 415 g/mol. The van der Waals surface area contributed by atoms with Gasteiger partial charge in [0.05, 0.1) is 12.3 Å². The van der Waals surface area contributed by atoms with Crippen LogP contribution in [0.3, 0.4) is 0 Å². The Bertz CT molecular complexity index is 853. The first-order chi connectivity index (χ1) is 14.0. The van der Waals surface area contributed by atoms with Gasteiger partial charge in [-0.2, -0.15) is 0 Å². The molecule has 1 aliphatic rings. The van der Waals surface area contributed by atoms with Crippen molar-refractivity contribution < 1.29 is 14.0 Å². The third-order valence-electron chi connectivity index (χ3n) is 4.78. The minimum atomic E-state index is -0.379. The number of benzene rings is 2. The number of anilines is 1. The summed E-state index contributed by atoms with van der Waals surface area (Å²) in [5.41, 5.74) is 2.92. The average molecular weight is 416 g/mol. The van der Waals surface area contributed by atoms with Crippen LogP contribution < -0.4 is 5.32 Å². The van der Waals surface area contributed by atoms with Crippen LogP contribution in [0.25, 0.3) is 0 Å². The normalized spacial score (nSPS) is 14.6. The highest BCUT2D eigenvalue weighted by Gasteiger charge is 2.22. The van der Waals surface area contributed by atoms with Crippen molar-refractivity contribution in [3.63, 3.8) is 0 Å². The number of nitrogens with zero attached hydrogens (tertiary/aromatic N) is 2. The van der Waals surface area contributed by atoms with E-state index in [1.54, 1.807) is 23.9 Å². The Balaban J connectivity index is 1.36. The van der Waals surface area contributed by atoms with Crippen molar-refractivity contribution >= 4 is 29.3 Å². The number of carbonyl (C=O) groups is 2. The van der Waals surface area contributed by atoms with Gasteiger partial charge in [0, 0.05) is 37.6 Å². The fourth-order valence-corrected chi connectivity index (χ4v) is 4.15. The van der Waals surface area contributed by atoms with Gasteiger partial charge < -0.3 is 10.2 Å². The van der Waals surface area contributed by atoms with Crippen LogP contribution in [0.1, 0.15) is 11.1 Å². The fraction of sp³-hybridized carbons (Fsp3) is 0.364. The number of rotatable bonds is 7. The molecule has 1 saturated heterocycles. The minimum Gasteiger partial charge on any atom is -0.339 e. The van der Waals surface area contributed by atoms with Crippen LogP contribution >= 0.6 is 11.8 Å². The Morgan fingerprint density at radius 3 is 2.55 bits per heavy atom. The fourth-order valence-electron chi connectivity index (χ4n) is 3.27. The molecule has 0 radical (unpaired) electrons. The van der Waals surface area contributed by atoms with Crippen molar-refractivity contribution in [1.29, 1.82) is 0 Å². The highest BCUT2D eigenvalue weighted by atomic mass is 32.2. The molecule has 0 spiro atoms. The molecule has 1 fully saturated rings. The first kappa shape index (κ1) is 21.3. The van der Waals surface area contributed by atoms with Crippen molar-refractivity contribution in [3.05, 3.63) is 65.5 Å². The maximum absolute atomic E-state index is 13.2. The molecule has 5 nitrogen and oxygen atoms in total. The molecule has 2 amide bonds. The molecule has 2 aromatic carbocycles. The molecule has 3 rings (SSSR count). The SMILES string of the molecule is Cc1cccc(CSCC(=O)N2CCN(CC(=O)Nc3cccc(F)c3)CC2)c1. The van der Waals surface area contributed by atoms with E-state index in [1.165, 1.54) is 23.3 Å². The zero-order valence-corrected chi connectivity index (χ0v) is 17.4. The van der Waals surface area contributed by atoms with E-state index in [4.69, 9.17) is 0 Å². The predicted molar refractivity (Wildman–Crippen MR) is 115 cm³/mol. The third-order valence-corrected chi connectivity index (χ3v) is 5.77. The molecule has 0 saturated carbocycles. The van der Waals surface area contributed by atoms with Crippen LogP contribution in [0, 0.1) is 12.7 Å². The second-order valence-electron chi connectivity index (χ2n) is 7.20. The molecular formula is C22H26FN3O2S. The molecule has 1 N–H and O–H groups in total. The van der Waals surface area contributed by atoms with E-state index in [0.29, 0.717) is 37.6 Å². The van der Waals surface area contributed by atoms with Crippen molar-refractivity contribution in [2.24, 2.45) is 0 Å². The van der Waals surface area contributed by atoms with E-state index in [1.807, 2.05) is 15.9 Å². The van der Waals surface area contributed by atoms with Crippen LogP contribution in [0.4, 0.5) is 10.1 Å². The lowest BCUT2D eigenvalue weighted by atomic mass is 10.2. The molecule has 0 unspecified atom stereocenters. The number of thioether (sulfide) groups is 1. The van der Waals surface area contributed by atoms with Gasteiger partial charge in [-0.1, -0.05) is 35.9 Å². The first-order valence-corrected chi connectivity index (χ1v) is 10.8. The smallest absolute Gasteiger partial charge is 0.238 e. The van der Waals surface area contributed by atoms with Gasteiger partial charge >= 0.3 is 0 Å². The van der Waals surface area contributed by atoms with Crippen molar-refractivity contribution in [2.75, 3.05) is 43.8 Å². The lowest BCUT2D eigenvalue weighted by molar-refractivity contribution is -0.130. The molecular weight excluding hydrogens is 389 g/mol. The molecule has 154 valence electrons. The Morgan fingerprint density at radius 1 is 1.07 bits per heavy atom. The summed E-state index contributed by atoms with van der Waals surface area (Å²) in [7, 11) is 0. The topological polar surface area (TPSA) is 52.7 Å². The van der Waals surface area contributed by atoms with Crippen LogP contribution in [-0.4, -0.2) is 60.1 Å². The summed E-state index contributed by atoms with van der Waals surface area (Å²) in [5.74, 6) is 0.882. The van der Waals surface area contributed by atoms with E-state index in [9.17, 15) is 14.0 Å². The Morgan fingerprint density at radius 2 is 1.83 bits per heavy atom. The van der Waals surface area contributed by atoms with Crippen LogP contribution in [0.15, 0.2) is 48.5 Å². The summed E-state index contributed by atoms with van der Waals surface area (Å²) in [4.78, 5) is 28.5. The number of aryl methyl sites for hydroxylation is 1. The highest BCUT2D eigenvalue weighted by molar-refractivity contribution is 7.99. The summed E-state index contributed by atoms with van der Waals surface area (Å²) < 4.78 is 13.2. The van der Waals surface area contributed by atoms with Crippen LogP contribution in [-0.2, 0) is 15.3 Å². The average Bonchev–Trinajstić information content (AvgIpc) is 2.68. The predicted octanol–water partition coefficient (Wildman–Crippen LogP) is 3.15. The van der Waals surface area contributed by atoms with Gasteiger partial charge in [0.25, 0.3) is 0 Å². The summed E-state index contributed by atoms with van der Waals surface area (Å²) in [6, 6.07) is 14.2. The Labute approximate surface area is 175 Å². The van der Waals surface area contributed by atoms with E-state index < -0.39 is 0 Å². The maximum Gasteiger partial charge on any atom is 0.238 e. The second-order valence-corrected chi connectivity index (χ2v) is 8.18. The summed E-state index contributed by atoms with van der Waals surface area (Å²) in [6.45, 7) is 4.86. The van der Waals surface area contributed by atoms with E-state index >= 15 is 0 Å². The molecule has 1 aliphatic heterocycles. The zero-order chi connectivity index (χ0) is 20.6. The first-order valence-electron chi connectivity index (χ1n) is 9.68. The van der Waals surface area contributed by atoms with Crippen molar-refractivity contribution in [2.45, 2.75) is 12.7 Å². The van der Waals surface area contributed by atoms with Gasteiger partial charge in [-0.15, -0.1) is 11.8 Å². The van der Waals surface area contributed by atoms with Gasteiger partial charge in [-0.3, -0.25) is 14.5 Å². The van der Waals surface area contributed by atoms with Gasteiger partial charge in [-0.05, 0) is 30.7 Å². The van der Waals surface area contributed by atoms with Gasteiger partial charge in [0.2, 0.25) is 11.8 Å². The number of nitrogens with one attached hydrogen (secondary N) is 1. The molecule has 0 bridgehead atoms. The largest absolute Gasteiger partial charge is 0.339 e. The van der Waals surface area contributed by atoms with Gasteiger partial charge in [0.15, 0.2) is 0 Å². The Kier molecular flexibility index (Phi) is 7.66. The van der Waals surface area contributed by atoms with Gasteiger partial charge in [-0.25, -0.2) is 4.39 Å². The standard InChI is InChI=1S/C22H26FN3O2S/c1-17-4-2-5-18(12-17)15-29-16-22(28)26-10-8-25(9-11-26)14-21(27)24-20-7-3-6-19(23)13-20/h2-7,12-13H,8-11,14-16H2,1H3,(H,24,27). The quantitative estimate of drug-likeness (QED) is 0.755. The van der Waals surface area contributed by atoms with E-state index in [2.05, 4.69) is 30.4 Å². The summed E-state index contributed by atoms with van der Waals surface area (Å²) in [5, 5.41) is 2.71. The summed E-state index contributed by atoms with van der Waals surface area (Å²) >= 11 is 1.63. The van der Waals surface area contributed by atoms with E-state index in [-0.39, 0.29) is 24.2 Å². The van der Waals surface area contributed by atoms with E-state index in [0.717, 1.165) is 5.75 Å². The zero-order valence-electron chi connectivity index (χ0n) is 16.6. The highest BCUT2D eigenvalue weighted by Crippen LogP contribution is 2.15. The lowest BCUT2D eigenvalue weighted by Gasteiger charge is -2.34. The molecule has 7 heteroatoms. The number of halogens is 1. The summed E-state index contributed by atoms with van der Waals surface area (Å²) in [6.07, 6.45) is 0. The number of hydrogen-bond acceptors (Lipinski definition) is 4. The van der Waals surface area contributed by atoms with Crippen LogP contribution in [0.5, 0.6) is 0 Å².